The van der Waals surface area contributed by atoms with Gasteiger partial charge in [-0.3, -0.25) is 0 Å². The Labute approximate surface area is 82.4 Å². The summed E-state index contributed by atoms with van der Waals surface area (Å²) in [6, 6.07) is 0. The van der Waals surface area contributed by atoms with Crippen molar-refractivity contribution in [2.45, 2.75) is 25.7 Å². The van der Waals surface area contributed by atoms with Crippen LogP contribution in [0.5, 0.6) is 0 Å². The average Bonchev–Trinajstić information content (AvgIpc) is 2.25. The minimum atomic E-state index is -0.266. The van der Waals surface area contributed by atoms with Crippen molar-refractivity contribution in [3.8, 4) is 0 Å². The Hall–Kier alpha value is -1.48. The van der Waals surface area contributed by atoms with Crippen molar-refractivity contribution in [1.29, 1.82) is 0 Å². The smallest absolute Gasteiger partial charge is 0.333 e. The molecule has 0 saturated heterocycles. The summed E-state index contributed by atoms with van der Waals surface area (Å²) in [5.41, 5.74) is 8.75. The van der Waals surface area contributed by atoms with E-state index in [9.17, 15) is 4.79 Å². The Bertz CT molecular complexity index is 280. The molecule has 0 saturated carbocycles. The molecule has 0 aromatic heterocycles. The normalized spacial score (nSPS) is 15.3. The van der Waals surface area contributed by atoms with Gasteiger partial charge >= 0.3 is 5.97 Å². The lowest BCUT2D eigenvalue weighted by Crippen LogP contribution is -2.12. The zero-order chi connectivity index (χ0) is 10.2. The minimum Gasteiger partial charge on any atom is -0.462 e. The van der Waals surface area contributed by atoms with Crippen molar-refractivity contribution in [3.05, 3.63) is 22.1 Å². The van der Waals surface area contributed by atoms with Crippen molar-refractivity contribution in [1.82, 2.24) is 0 Å². The van der Waals surface area contributed by atoms with Crippen molar-refractivity contribution in [2.24, 2.45) is 5.11 Å². The van der Waals surface area contributed by atoms with Crippen LogP contribution in [0.15, 0.2) is 16.8 Å². The lowest BCUT2D eigenvalue weighted by Gasteiger charge is -2.11. The van der Waals surface area contributed by atoms with Gasteiger partial charge in [-0.15, -0.1) is 0 Å². The number of rotatable bonds is 4. The summed E-state index contributed by atoms with van der Waals surface area (Å²) < 4.78 is 4.91. The summed E-state index contributed by atoms with van der Waals surface area (Å²) >= 11 is 0. The fraction of sp³-hybridized carbons (Fsp3) is 0.667. The fourth-order valence-electron chi connectivity index (χ4n) is 1.34. The van der Waals surface area contributed by atoms with E-state index in [1.165, 1.54) is 0 Å². The van der Waals surface area contributed by atoms with E-state index in [0.717, 1.165) is 31.3 Å². The molecule has 0 N–H and O–H groups in total. The zero-order valence-electron chi connectivity index (χ0n) is 7.98. The van der Waals surface area contributed by atoms with Crippen LogP contribution in [-0.2, 0) is 9.53 Å². The molecule has 14 heavy (non-hydrogen) atoms. The first-order chi connectivity index (χ1) is 6.84. The van der Waals surface area contributed by atoms with Gasteiger partial charge in [0.25, 0.3) is 0 Å². The minimum absolute atomic E-state index is 0.167. The molecule has 0 fully saturated rings. The first-order valence-electron chi connectivity index (χ1n) is 4.71. The summed E-state index contributed by atoms with van der Waals surface area (Å²) in [6.45, 7) is 0.371. The first kappa shape index (κ1) is 10.6. The molecule has 0 amide bonds. The number of esters is 1. The standard InChI is InChI=1S/C9H13N3O2/c10-12-11-6-7-14-9(13)8-4-2-1-3-5-8/h4H,1-3,5-7H2. The molecule has 0 spiro atoms. The van der Waals surface area contributed by atoms with Gasteiger partial charge in [0.2, 0.25) is 0 Å². The van der Waals surface area contributed by atoms with Crippen LogP contribution in [0.4, 0.5) is 0 Å². The summed E-state index contributed by atoms with van der Waals surface area (Å²) in [5, 5.41) is 3.27. The van der Waals surface area contributed by atoms with Crippen LogP contribution < -0.4 is 0 Å². The van der Waals surface area contributed by atoms with Gasteiger partial charge in [0, 0.05) is 10.5 Å². The molecule has 0 heterocycles. The molecule has 0 aromatic carbocycles. The van der Waals surface area contributed by atoms with E-state index in [2.05, 4.69) is 10.0 Å². The lowest BCUT2D eigenvalue weighted by atomic mass is 10.00. The fourth-order valence-corrected chi connectivity index (χ4v) is 1.34. The molecule has 0 bridgehead atoms. The van der Waals surface area contributed by atoms with E-state index in [0.29, 0.717) is 0 Å². The average molecular weight is 195 g/mol. The molecule has 1 rings (SSSR count). The molecule has 0 aromatic rings. The number of nitrogens with zero attached hydrogens (tertiary/aromatic N) is 3. The SMILES string of the molecule is [N-]=[N+]=NCCOC(=O)C1=CCCCC1. The number of hydrogen-bond acceptors (Lipinski definition) is 3. The number of carbonyl (C=O) groups is 1. The molecule has 0 aliphatic heterocycles. The predicted octanol–water partition coefficient (Wildman–Crippen LogP) is 2.34. The maximum atomic E-state index is 11.3. The molecule has 76 valence electrons. The molecule has 0 unspecified atom stereocenters. The van der Waals surface area contributed by atoms with E-state index >= 15 is 0 Å². The van der Waals surface area contributed by atoms with Crippen molar-refractivity contribution in [3.63, 3.8) is 0 Å². The van der Waals surface area contributed by atoms with Crippen molar-refractivity contribution < 1.29 is 9.53 Å². The molecular formula is C9H13N3O2. The highest BCUT2D eigenvalue weighted by Gasteiger charge is 2.12. The summed E-state index contributed by atoms with van der Waals surface area (Å²) in [5.74, 6) is -0.266. The van der Waals surface area contributed by atoms with Gasteiger partial charge in [-0.2, -0.15) is 0 Å². The second kappa shape index (κ2) is 6.05. The van der Waals surface area contributed by atoms with Gasteiger partial charge < -0.3 is 4.74 Å². The third-order valence-electron chi connectivity index (χ3n) is 2.04. The van der Waals surface area contributed by atoms with Crippen molar-refractivity contribution in [2.75, 3.05) is 13.2 Å². The Balaban J connectivity index is 2.26. The highest BCUT2D eigenvalue weighted by molar-refractivity contribution is 5.88. The maximum Gasteiger partial charge on any atom is 0.333 e. The molecule has 5 heteroatoms. The largest absolute Gasteiger partial charge is 0.462 e. The molecular weight excluding hydrogens is 182 g/mol. The number of azide groups is 1. The molecule has 0 atom stereocenters. The van der Waals surface area contributed by atoms with Gasteiger partial charge in [-0.05, 0) is 31.2 Å². The predicted molar refractivity (Wildman–Crippen MR) is 51.5 cm³/mol. The number of ether oxygens (including phenoxy) is 1. The highest BCUT2D eigenvalue weighted by Crippen LogP contribution is 2.18. The monoisotopic (exact) mass is 195 g/mol. The Morgan fingerprint density at radius 2 is 2.50 bits per heavy atom. The van der Waals surface area contributed by atoms with Crippen LogP contribution in [0.1, 0.15) is 25.7 Å². The van der Waals surface area contributed by atoms with Crippen LogP contribution in [0.2, 0.25) is 0 Å². The summed E-state index contributed by atoms with van der Waals surface area (Å²) in [4.78, 5) is 13.9. The van der Waals surface area contributed by atoms with E-state index in [1.54, 1.807) is 0 Å². The molecule has 1 aliphatic rings. The van der Waals surface area contributed by atoms with Crippen LogP contribution in [-0.4, -0.2) is 19.1 Å². The van der Waals surface area contributed by atoms with Crippen LogP contribution >= 0.6 is 0 Å². The van der Waals surface area contributed by atoms with Gasteiger partial charge in [0.05, 0.1) is 13.2 Å². The number of hydrogen-bond donors (Lipinski definition) is 0. The Kier molecular flexibility index (Phi) is 4.58. The molecule has 0 radical (unpaired) electrons. The van der Waals surface area contributed by atoms with E-state index < -0.39 is 0 Å². The van der Waals surface area contributed by atoms with Crippen LogP contribution in [0.3, 0.4) is 0 Å². The Morgan fingerprint density at radius 1 is 1.64 bits per heavy atom. The Morgan fingerprint density at radius 3 is 3.14 bits per heavy atom. The first-order valence-corrected chi connectivity index (χ1v) is 4.71. The summed E-state index contributed by atoms with van der Waals surface area (Å²) in [6.07, 6.45) is 5.90. The molecule has 1 aliphatic carbocycles. The third kappa shape index (κ3) is 3.49. The second-order valence-corrected chi connectivity index (χ2v) is 3.07. The zero-order valence-corrected chi connectivity index (χ0v) is 7.98. The second-order valence-electron chi connectivity index (χ2n) is 3.07. The lowest BCUT2D eigenvalue weighted by molar-refractivity contribution is -0.139. The molecule has 5 nitrogen and oxygen atoms in total. The summed E-state index contributed by atoms with van der Waals surface area (Å²) in [7, 11) is 0. The van der Waals surface area contributed by atoms with Crippen LogP contribution in [0, 0.1) is 0 Å². The van der Waals surface area contributed by atoms with Crippen molar-refractivity contribution >= 4 is 5.97 Å². The maximum absolute atomic E-state index is 11.3. The third-order valence-corrected chi connectivity index (χ3v) is 2.04. The van der Waals surface area contributed by atoms with Gasteiger partial charge in [-0.1, -0.05) is 11.2 Å². The van der Waals surface area contributed by atoms with E-state index in [4.69, 9.17) is 10.3 Å². The number of carbonyl (C=O) groups excluding carboxylic acids is 1. The van der Waals surface area contributed by atoms with Gasteiger partial charge in [0.1, 0.15) is 0 Å². The van der Waals surface area contributed by atoms with Gasteiger partial charge in [-0.25, -0.2) is 4.79 Å². The van der Waals surface area contributed by atoms with Crippen LogP contribution in [0.25, 0.3) is 10.4 Å². The number of allylic oxidation sites excluding steroid dienone is 1. The quantitative estimate of drug-likeness (QED) is 0.227. The highest BCUT2D eigenvalue weighted by atomic mass is 16.5. The topological polar surface area (TPSA) is 75.1 Å². The van der Waals surface area contributed by atoms with E-state index in [1.807, 2.05) is 6.08 Å². The van der Waals surface area contributed by atoms with Gasteiger partial charge in [0.15, 0.2) is 0 Å². The van der Waals surface area contributed by atoms with E-state index in [-0.39, 0.29) is 19.1 Å².